The molecule has 0 saturated carbocycles. The molecule has 1 saturated heterocycles. The van der Waals surface area contributed by atoms with Gasteiger partial charge in [-0.2, -0.15) is 0 Å². The molecular formula is C9H20O2. The summed E-state index contributed by atoms with van der Waals surface area (Å²) in [6.45, 7) is 10.8. The predicted octanol–water partition coefficient (Wildman–Crippen LogP) is 2.57. The fourth-order valence-corrected chi connectivity index (χ4v) is 1.05. The summed E-state index contributed by atoms with van der Waals surface area (Å²) in [4.78, 5) is 0. The van der Waals surface area contributed by atoms with Gasteiger partial charge in [-0.15, -0.1) is 0 Å². The second-order valence-corrected chi connectivity index (χ2v) is 2.97. The maximum atomic E-state index is 5.45. The topological polar surface area (TPSA) is 18.5 Å². The van der Waals surface area contributed by atoms with E-state index in [4.69, 9.17) is 9.47 Å². The van der Waals surface area contributed by atoms with Gasteiger partial charge in [0.05, 0.1) is 12.7 Å². The Morgan fingerprint density at radius 2 is 1.82 bits per heavy atom. The molecule has 11 heavy (non-hydrogen) atoms. The van der Waals surface area contributed by atoms with Crippen LogP contribution in [-0.2, 0) is 9.47 Å². The van der Waals surface area contributed by atoms with Crippen molar-refractivity contribution in [3.8, 4) is 0 Å². The first-order chi connectivity index (χ1) is 5.10. The van der Waals surface area contributed by atoms with Crippen LogP contribution in [0.5, 0.6) is 0 Å². The van der Waals surface area contributed by atoms with Gasteiger partial charge in [-0.3, -0.25) is 0 Å². The quantitative estimate of drug-likeness (QED) is 0.542. The van der Waals surface area contributed by atoms with E-state index in [1.54, 1.807) is 0 Å². The van der Waals surface area contributed by atoms with Crippen molar-refractivity contribution in [1.29, 1.82) is 0 Å². The third-order valence-electron chi connectivity index (χ3n) is 1.46. The van der Waals surface area contributed by atoms with E-state index in [0.29, 0.717) is 6.10 Å². The van der Waals surface area contributed by atoms with Gasteiger partial charge in [-0.1, -0.05) is 13.8 Å². The van der Waals surface area contributed by atoms with Gasteiger partial charge in [0, 0.05) is 0 Å². The van der Waals surface area contributed by atoms with Gasteiger partial charge < -0.3 is 9.47 Å². The molecular weight excluding hydrogens is 140 g/mol. The number of hydrogen-bond acceptors (Lipinski definition) is 2. The summed E-state index contributed by atoms with van der Waals surface area (Å²) in [7, 11) is 0. The van der Waals surface area contributed by atoms with Crippen LogP contribution in [0.4, 0.5) is 0 Å². The molecule has 2 nitrogen and oxygen atoms in total. The largest absolute Gasteiger partial charge is 0.350 e. The number of ether oxygens (including phenoxy) is 2. The maximum Gasteiger partial charge on any atom is 0.163 e. The number of hydrogen-bond donors (Lipinski definition) is 0. The average Bonchev–Trinajstić information content (AvgIpc) is 1.89. The molecule has 0 radical (unpaired) electrons. The van der Waals surface area contributed by atoms with E-state index < -0.39 is 0 Å². The summed E-state index contributed by atoms with van der Waals surface area (Å²) < 4.78 is 10.8. The summed E-state index contributed by atoms with van der Waals surface area (Å²) in [6.07, 6.45) is 1.37. The predicted molar refractivity (Wildman–Crippen MR) is 46.5 cm³/mol. The second kappa shape index (κ2) is 4.73. The fourth-order valence-electron chi connectivity index (χ4n) is 1.05. The van der Waals surface area contributed by atoms with Crippen LogP contribution in [-0.4, -0.2) is 18.5 Å². The van der Waals surface area contributed by atoms with Crippen molar-refractivity contribution >= 4 is 0 Å². The van der Waals surface area contributed by atoms with Crippen LogP contribution < -0.4 is 0 Å². The van der Waals surface area contributed by atoms with Crippen LogP contribution >= 0.6 is 0 Å². The molecule has 0 aromatic carbocycles. The summed E-state index contributed by atoms with van der Waals surface area (Å²) >= 11 is 0. The van der Waals surface area contributed by atoms with E-state index in [-0.39, 0.29) is 5.79 Å². The molecule has 1 rings (SSSR count). The molecule has 0 amide bonds. The SMILES string of the molecule is CC.CC1CCOC(C)(C)O1. The minimum absolute atomic E-state index is 0.350. The van der Waals surface area contributed by atoms with Gasteiger partial charge in [0.2, 0.25) is 0 Å². The van der Waals surface area contributed by atoms with Gasteiger partial charge in [0.25, 0.3) is 0 Å². The minimum Gasteiger partial charge on any atom is -0.350 e. The first-order valence-corrected chi connectivity index (χ1v) is 4.42. The molecule has 1 aliphatic rings. The zero-order valence-corrected chi connectivity index (χ0v) is 8.31. The smallest absolute Gasteiger partial charge is 0.163 e. The Bertz CT molecular complexity index is 99.7. The minimum atomic E-state index is -0.350. The molecule has 0 bridgehead atoms. The van der Waals surface area contributed by atoms with Crippen LogP contribution in [0.2, 0.25) is 0 Å². The third kappa shape index (κ3) is 4.38. The van der Waals surface area contributed by atoms with E-state index in [2.05, 4.69) is 6.92 Å². The molecule has 0 aromatic heterocycles. The fraction of sp³-hybridized carbons (Fsp3) is 1.00. The Hall–Kier alpha value is -0.0800. The Balaban J connectivity index is 0.000000461. The third-order valence-corrected chi connectivity index (χ3v) is 1.46. The van der Waals surface area contributed by atoms with Crippen molar-refractivity contribution in [2.45, 2.75) is 52.9 Å². The zero-order chi connectivity index (χ0) is 8.91. The molecule has 1 aliphatic heterocycles. The molecule has 0 N–H and O–H groups in total. The van der Waals surface area contributed by atoms with Gasteiger partial charge in [-0.25, -0.2) is 0 Å². The molecule has 68 valence electrons. The molecule has 0 aromatic rings. The van der Waals surface area contributed by atoms with Crippen molar-refractivity contribution in [2.24, 2.45) is 0 Å². The first kappa shape index (κ1) is 10.9. The summed E-state index contributed by atoms with van der Waals surface area (Å²) in [6, 6.07) is 0. The van der Waals surface area contributed by atoms with Crippen molar-refractivity contribution < 1.29 is 9.47 Å². The highest BCUT2D eigenvalue weighted by Crippen LogP contribution is 2.20. The lowest BCUT2D eigenvalue weighted by molar-refractivity contribution is -0.268. The normalized spacial score (nSPS) is 28.6. The van der Waals surface area contributed by atoms with Crippen molar-refractivity contribution in [3.05, 3.63) is 0 Å². The maximum absolute atomic E-state index is 5.45. The second-order valence-electron chi connectivity index (χ2n) is 2.97. The summed E-state index contributed by atoms with van der Waals surface area (Å²) in [5.74, 6) is -0.350. The van der Waals surface area contributed by atoms with Gasteiger partial charge in [0.1, 0.15) is 0 Å². The highest BCUT2D eigenvalue weighted by Gasteiger charge is 2.26. The van der Waals surface area contributed by atoms with E-state index in [9.17, 15) is 0 Å². The molecule has 0 aliphatic carbocycles. The van der Waals surface area contributed by atoms with Crippen LogP contribution in [0.15, 0.2) is 0 Å². The average molecular weight is 160 g/mol. The highest BCUT2D eigenvalue weighted by molar-refractivity contribution is 4.64. The van der Waals surface area contributed by atoms with Gasteiger partial charge >= 0.3 is 0 Å². The van der Waals surface area contributed by atoms with Crippen LogP contribution in [0, 0.1) is 0 Å². The molecule has 0 spiro atoms. The van der Waals surface area contributed by atoms with Crippen LogP contribution in [0.1, 0.15) is 41.0 Å². The van der Waals surface area contributed by atoms with Crippen LogP contribution in [0.25, 0.3) is 0 Å². The zero-order valence-electron chi connectivity index (χ0n) is 8.31. The highest BCUT2D eigenvalue weighted by atomic mass is 16.7. The Kier molecular flexibility index (Phi) is 4.69. The van der Waals surface area contributed by atoms with Gasteiger partial charge in [-0.05, 0) is 27.2 Å². The Labute approximate surface area is 69.9 Å². The number of rotatable bonds is 0. The van der Waals surface area contributed by atoms with E-state index in [1.807, 2.05) is 27.7 Å². The Morgan fingerprint density at radius 1 is 1.27 bits per heavy atom. The Morgan fingerprint density at radius 3 is 2.09 bits per heavy atom. The lowest BCUT2D eigenvalue weighted by Gasteiger charge is -2.34. The summed E-state index contributed by atoms with van der Waals surface area (Å²) in [5.41, 5.74) is 0. The molecule has 1 fully saturated rings. The molecule has 2 heteroatoms. The lowest BCUT2D eigenvalue weighted by Crippen LogP contribution is -2.38. The first-order valence-electron chi connectivity index (χ1n) is 4.42. The van der Waals surface area contributed by atoms with Gasteiger partial charge in [0.15, 0.2) is 5.79 Å². The van der Waals surface area contributed by atoms with E-state index in [1.165, 1.54) is 0 Å². The molecule has 1 heterocycles. The van der Waals surface area contributed by atoms with E-state index in [0.717, 1.165) is 13.0 Å². The van der Waals surface area contributed by atoms with Crippen molar-refractivity contribution in [2.75, 3.05) is 6.61 Å². The van der Waals surface area contributed by atoms with E-state index >= 15 is 0 Å². The monoisotopic (exact) mass is 160 g/mol. The van der Waals surface area contributed by atoms with Crippen molar-refractivity contribution in [1.82, 2.24) is 0 Å². The molecule has 1 atom stereocenters. The lowest BCUT2D eigenvalue weighted by atomic mass is 10.2. The standard InChI is InChI=1S/C7H14O2.C2H6/c1-6-4-5-8-7(2,3)9-6;1-2/h6H,4-5H2,1-3H3;1-2H3. The summed E-state index contributed by atoms with van der Waals surface area (Å²) in [5, 5.41) is 0. The molecule has 1 unspecified atom stereocenters. The van der Waals surface area contributed by atoms with Crippen molar-refractivity contribution in [3.63, 3.8) is 0 Å². The van der Waals surface area contributed by atoms with Crippen LogP contribution in [0.3, 0.4) is 0 Å².